The van der Waals surface area contributed by atoms with E-state index in [0.717, 1.165) is 4.90 Å². The van der Waals surface area contributed by atoms with Gasteiger partial charge in [-0.2, -0.15) is 0 Å². The maximum Gasteiger partial charge on any atom is 0.192 e. The molecule has 1 saturated heterocycles. The number of carboxylic acid groups (broad SMARTS) is 1. The average molecular weight is 240 g/mol. The molecule has 0 unspecified atom stereocenters. The van der Waals surface area contributed by atoms with Gasteiger partial charge in [-0.25, -0.2) is 0 Å². The molecule has 1 heterocycles. The number of benzene rings is 1. The van der Waals surface area contributed by atoms with Crippen molar-refractivity contribution in [1.29, 1.82) is 0 Å². The minimum atomic E-state index is -1.24. The van der Waals surface area contributed by atoms with Crippen LogP contribution in [0.2, 0.25) is 0 Å². The van der Waals surface area contributed by atoms with E-state index in [1.165, 1.54) is 0 Å². The second-order valence-corrected chi connectivity index (χ2v) is 4.63. The number of amides is 1. The molecule has 86 valence electrons. The minimum absolute atomic E-state index is 0.196. The predicted molar refractivity (Wildman–Crippen MR) is 58.0 cm³/mol. The molecule has 0 N–H and O–H groups in total. The van der Waals surface area contributed by atoms with Gasteiger partial charge in [0.05, 0.1) is 19.5 Å². The molecular weight excluding hydrogens is 229 g/mol. The lowest BCUT2D eigenvalue weighted by molar-refractivity contribution is -0.246. The van der Waals surface area contributed by atoms with Gasteiger partial charge in [-0.15, -0.1) is 0 Å². The second-order valence-electron chi connectivity index (χ2n) is 3.17. The molecule has 1 amide bonds. The van der Waals surface area contributed by atoms with Crippen LogP contribution in [0.4, 0.5) is 10.5 Å². The fourth-order valence-corrected chi connectivity index (χ4v) is 2.67. The van der Waals surface area contributed by atoms with Crippen LogP contribution in [0.25, 0.3) is 0 Å². The molecule has 0 spiro atoms. The third-order valence-corrected chi connectivity index (χ3v) is 3.55. The van der Waals surface area contributed by atoms with E-state index >= 15 is 0 Å². The molecule has 1 aromatic rings. The summed E-state index contributed by atoms with van der Waals surface area (Å²) in [6.07, 6.45) is -1.05. The van der Waals surface area contributed by atoms with E-state index in [-0.39, 0.29) is 6.29 Å². The van der Waals surface area contributed by atoms with Crippen molar-refractivity contribution in [2.75, 3.05) is 24.4 Å². The zero-order chi connectivity index (χ0) is 11.4. The van der Waals surface area contributed by atoms with E-state index in [1.54, 1.807) is 24.3 Å². The van der Waals surface area contributed by atoms with Crippen molar-refractivity contribution in [1.82, 2.24) is 0 Å². The molecule has 6 heteroatoms. The molecule has 0 radical (unpaired) electrons. The van der Waals surface area contributed by atoms with Crippen LogP contribution in [0.3, 0.4) is 0 Å². The number of rotatable bonds is 3. The summed E-state index contributed by atoms with van der Waals surface area (Å²) in [7, 11) is -1.14. The number of nitrogens with zero attached hydrogens (tertiary/aromatic N) is 1. The number of hydrogen-bond donors (Lipinski definition) is 0. The molecule has 5 nitrogen and oxygen atoms in total. The Morgan fingerprint density at radius 2 is 1.94 bits per heavy atom. The molecule has 1 aliphatic rings. The van der Waals surface area contributed by atoms with Gasteiger partial charge in [-0.05, 0) is 12.1 Å². The van der Waals surface area contributed by atoms with E-state index in [2.05, 4.69) is 0 Å². The van der Waals surface area contributed by atoms with Crippen molar-refractivity contribution >= 4 is 20.2 Å². The van der Waals surface area contributed by atoms with Gasteiger partial charge in [0, 0.05) is 5.69 Å². The van der Waals surface area contributed by atoms with Gasteiger partial charge < -0.3 is 23.8 Å². The zero-order valence-corrected chi connectivity index (χ0v) is 9.43. The van der Waals surface area contributed by atoms with Gasteiger partial charge in [0.1, 0.15) is 6.09 Å². The van der Waals surface area contributed by atoms with Crippen LogP contribution in [0.15, 0.2) is 30.3 Å². The lowest BCUT2D eigenvalue weighted by Crippen LogP contribution is -2.41. The molecule has 2 rings (SSSR count). The topological polar surface area (TPSA) is 61.8 Å². The second kappa shape index (κ2) is 5.25. The summed E-state index contributed by atoms with van der Waals surface area (Å²) in [4.78, 5) is 12.1. The Morgan fingerprint density at radius 1 is 1.31 bits per heavy atom. The van der Waals surface area contributed by atoms with Crippen molar-refractivity contribution in [3.8, 4) is 0 Å². The smallest absolute Gasteiger partial charge is 0.192 e. The van der Waals surface area contributed by atoms with E-state index in [0.29, 0.717) is 18.9 Å². The van der Waals surface area contributed by atoms with Gasteiger partial charge in [-0.1, -0.05) is 18.2 Å². The standard InChI is InChI=1S/C10H12NO4P/c12-10(13)11(8-16-14-6-7-15-16)9-4-2-1-3-5-9/h1-5H,6-8H2,(H,12,13)/p-1. The van der Waals surface area contributed by atoms with Gasteiger partial charge in [0.15, 0.2) is 8.38 Å². The van der Waals surface area contributed by atoms with Crippen LogP contribution in [0, 0.1) is 0 Å². The summed E-state index contributed by atoms with van der Waals surface area (Å²) in [5.41, 5.74) is 0.573. The first-order valence-corrected chi connectivity index (χ1v) is 6.20. The normalized spacial score (nSPS) is 16.2. The summed E-state index contributed by atoms with van der Waals surface area (Å²) < 4.78 is 10.5. The first-order chi connectivity index (χ1) is 7.77. The lowest BCUT2D eigenvalue weighted by atomic mass is 10.3. The van der Waals surface area contributed by atoms with Crippen LogP contribution in [0.5, 0.6) is 0 Å². The molecule has 1 aliphatic heterocycles. The number of carbonyl (C=O) groups excluding carboxylic acids is 1. The highest BCUT2D eigenvalue weighted by molar-refractivity contribution is 7.47. The third-order valence-electron chi connectivity index (χ3n) is 2.10. The first kappa shape index (κ1) is 11.3. The number of anilines is 1. The number of carbonyl (C=O) groups is 1. The Kier molecular flexibility index (Phi) is 3.72. The predicted octanol–water partition coefficient (Wildman–Crippen LogP) is 1.15. The van der Waals surface area contributed by atoms with Crippen LogP contribution in [0.1, 0.15) is 0 Å². The first-order valence-electron chi connectivity index (χ1n) is 4.84. The van der Waals surface area contributed by atoms with Crippen molar-refractivity contribution in [3.05, 3.63) is 30.3 Å². The Balaban J connectivity index is 2.08. The molecule has 1 fully saturated rings. The van der Waals surface area contributed by atoms with Crippen LogP contribution in [-0.4, -0.2) is 25.6 Å². The fraction of sp³-hybridized carbons (Fsp3) is 0.300. The molecule has 0 saturated carbocycles. The van der Waals surface area contributed by atoms with Gasteiger partial charge in [0.25, 0.3) is 0 Å². The Hall–Kier alpha value is -1.16. The molecule has 0 atom stereocenters. The fourth-order valence-electron chi connectivity index (χ4n) is 1.37. The van der Waals surface area contributed by atoms with E-state index in [9.17, 15) is 9.90 Å². The summed E-state index contributed by atoms with van der Waals surface area (Å²) >= 11 is 0. The molecule has 0 aliphatic carbocycles. The van der Waals surface area contributed by atoms with E-state index in [1.807, 2.05) is 6.07 Å². The number of hydrogen-bond acceptors (Lipinski definition) is 4. The highest BCUT2D eigenvalue weighted by Gasteiger charge is 2.21. The zero-order valence-electron chi connectivity index (χ0n) is 8.54. The largest absolute Gasteiger partial charge is 0.530 e. The summed E-state index contributed by atoms with van der Waals surface area (Å²) in [5, 5.41) is 11.0. The molecule has 1 aromatic carbocycles. The SMILES string of the molecule is O=C([O-])N(CP1OCCO1)c1ccccc1. The summed E-state index contributed by atoms with van der Waals surface area (Å²) in [6, 6.07) is 8.79. The van der Waals surface area contributed by atoms with Gasteiger partial charge in [-0.3, -0.25) is 0 Å². The summed E-state index contributed by atoms with van der Waals surface area (Å²) in [6.45, 7) is 1.06. The van der Waals surface area contributed by atoms with Crippen LogP contribution in [-0.2, 0) is 9.05 Å². The quantitative estimate of drug-likeness (QED) is 0.743. The highest BCUT2D eigenvalue weighted by atomic mass is 31.2. The van der Waals surface area contributed by atoms with Crippen molar-refractivity contribution in [3.63, 3.8) is 0 Å². The maximum atomic E-state index is 11.0. The molecular formula is C10H11NO4P-. The van der Waals surface area contributed by atoms with Crippen molar-refractivity contribution in [2.24, 2.45) is 0 Å². The lowest BCUT2D eigenvalue weighted by Gasteiger charge is -2.26. The van der Waals surface area contributed by atoms with Crippen LogP contribution < -0.4 is 10.0 Å². The Morgan fingerprint density at radius 3 is 2.50 bits per heavy atom. The monoisotopic (exact) mass is 240 g/mol. The number of para-hydroxylation sites is 1. The van der Waals surface area contributed by atoms with Crippen molar-refractivity contribution < 1.29 is 18.9 Å². The highest BCUT2D eigenvalue weighted by Crippen LogP contribution is 2.43. The molecule has 0 aromatic heterocycles. The third kappa shape index (κ3) is 2.70. The molecule has 0 bridgehead atoms. The maximum absolute atomic E-state index is 11.0. The van der Waals surface area contributed by atoms with Gasteiger partial charge in [0.2, 0.25) is 0 Å². The van der Waals surface area contributed by atoms with Crippen LogP contribution >= 0.6 is 8.38 Å². The van der Waals surface area contributed by atoms with Crippen molar-refractivity contribution in [2.45, 2.75) is 0 Å². The summed E-state index contributed by atoms with van der Waals surface area (Å²) in [5.74, 6) is 0. The molecule has 16 heavy (non-hydrogen) atoms. The van der Waals surface area contributed by atoms with E-state index < -0.39 is 14.5 Å². The Bertz CT molecular complexity index is 353. The Labute approximate surface area is 94.5 Å². The van der Waals surface area contributed by atoms with Gasteiger partial charge >= 0.3 is 0 Å². The minimum Gasteiger partial charge on any atom is -0.530 e. The van der Waals surface area contributed by atoms with E-state index in [4.69, 9.17) is 9.05 Å². The average Bonchev–Trinajstić information content (AvgIpc) is 2.79.